The molecule has 0 bridgehead atoms. The van der Waals surface area contributed by atoms with E-state index in [4.69, 9.17) is 11.6 Å². The number of piperazine rings is 1. The average molecular weight is 445 g/mol. The molecule has 4 rings (SSSR count). The van der Waals surface area contributed by atoms with Crippen molar-refractivity contribution in [3.8, 4) is 0 Å². The monoisotopic (exact) mass is 444 g/mol. The van der Waals surface area contributed by atoms with Crippen LogP contribution in [0.25, 0.3) is 0 Å². The minimum atomic E-state index is -0.293. The number of nitrogens with one attached hydrogen (secondary N) is 2. The van der Waals surface area contributed by atoms with E-state index in [1.54, 1.807) is 36.4 Å². The van der Waals surface area contributed by atoms with E-state index in [9.17, 15) is 14.0 Å². The lowest BCUT2D eigenvalue weighted by Crippen LogP contribution is -2.48. The average Bonchev–Trinajstić information content (AvgIpc) is 3.56. The Morgan fingerprint density at radius 3 is 2.42 bits per heavy atom. The lowest BCUT2D eigenvalue weighted by Gasteiger charge is -2.34. The third-order valence-electron chi connectivity index (χ3n) is 5.63. The Bertz CT molecular complexity index is 938. The number of carbonyl (C=O) groups excluding carboxylic acids is 2. The molecule has 2 aromatic carbocycles. The van der Waals surface area contributed by atoms with E-state index in [-0.39, 0.29) is 30.2 Å². The number of amides is 2. The highest BCUT2D eigenvalue weighted by atomic mass is 35.5. The van der Waals surface area contributed by atoms with Crippen LogP contribution in [-0.4, -0.2) is 60.4 Å². The van der Waals surface area contributed by atoms with Gasteiger partial charge in [-0.25, -0.2) is 4.39 Å². The summed E-state index contributed by atoms with van der Waals surface area (Å²) in [5.41, 5.74) is 1.52. The molecule has 0 spiro atoms. The highest BCUT2D eigenvalue weighted by Crippen LogP contribution is 2.23. The zero-order chi connectivity index (χ0) is 21.8. The molecule has 1 saturated carbocycles. The van der Waals surface area contributed by atoms with Crippen LogP contribution in [0.3, 0.4) is 0 Å². The number of nitrogens with zero attached hydrogens (tertiary/aromatic N) is 2. The van der Waals surface area contributed by atoms with Gasteiger partial charge in [0.1, 0.15) is 5.82 Å². The summed E-state index contributed by atoms with van der Waals surface area (Å²) in [5.74, 6) is -0.602. The Morgan fingerprint density at radius 1 is 1.00 bits per heavy atom. The molecule has 0 radical (unpaired) electrons. The largest absolute Gasteiger partial charge is 0.349 e. The van der Waals surface area contributed by atoms with Gasteiger partial charge < -0.3 is 10.6 Å². The maximum atomic E-state index is 14.0. The molecule has 6 nitrogen and oxygen atoms in total. The zero-order valence-corrected chi connectivity index (χ0v) is 18.0. The van der Waals surface area contributed by atoms with Crippen LogP contribution >= 0.6 is 11.6 Å². The van der Waals surface area contributed by atoms with Crippen LogP contribution in [0.1, 0.15) is 28.8 Å². The summed E-state index contributed by atoms with van der Waals surface area (Å²) in [6.45, 7) is 3.53. The van der Waals surface area contributed by atoms with Crippen molar-refractivity contribution in [1.82, 2.24) is 15.1 Å². The minimum absolute atomic E-state index is 0.154. The van der Waals surface area contributed by atoms with Crippen molar-refractivity contribution in [2.75, 3.05) is 38.0 Å². The maximum Gasteiger partial charge on any atom is 0.253 e. The Kier molecular flexibility index (Phi) is 6.85. The van der Waals surface area contributed by atoms with Crippen LogP contribution in [0.2, 0.25) is 5.02 Å². The summed E-state index contributed by atoms with van der Waals surface area (Å²) in [6, 6.07) is 12.0. The van der Waals surface area contributed by atoms with E-state index in [1.165, 1.54) is 6.07 Å². The van der Waals surface area contributed by atoms with E-state index < -0.39 is 0 Å². The molecule has 2 aromatic rings. The lowest BCUT2D eigenvalue weighted by molar-refractivity contribution is -0.117. The fourth-order valence-electron chi connectivity index (χ4n) is 3.69. The first-order chi connectivity index (χ1) is 15.0. The Hall–Kier alpha value is -2.48. The third kappa shape index (κ3) is 5.81. The van der Waals surface area contributed by atoms with E-state index in [0.717, 1.165) is 25.9 Å². The second kappa shape index (κ2) is 9.77. The molecule has 164 valence electrons. The number of halogens is 2. The number of rotatable bonds is 7. The van der Waals surface area contributed by atoms with Crippen LogP contribution in [0.5, 0.6) is 0 Å². The summed E-state index contributed by atoms with van der Waals surface area (Å²) in [4.78, 5) is 29.2. The maximum absolute atomic E-state index is 14.0. The zero-order valence-electron chi connectivity index (χ0n) is 17.2. The number of anilines is 1. The van der Waals surface area contributed by atoms with Crippen LogP contribution in [-0.2, 0) is 11.3 Å². The molecule has 31 heavy (non-hydrogen) atoms. The highest BCUT2D eigenvalue weighted by Gasteiger charge is 2.25. The summed E-state index contributed by atoms with van der Waals surface area (Å²) >= 11 is 6.13. The van der Waals surface area contributed by atoms with Gasteiger partial charge in [-0.1, -0.05) is 29.8 Å². The highest BCUT2D eigenvalue weighted by molar-refractivity contribution is 6.31. The van der Waals surface area contributed by atoms with Gasteiger partial charge in [-0.3, -0.25) is 19.4 Å². The molecule has 0 atom stereocenters. The SMILES string of the molecule is O=C(CN1CCN(Cc2c(F)cccc2Cl)CC1)Nc1ccccc1C(=O)NC1CC1. The predicted octanol–water partition coefficient (Wildman–Crippen LogP) is 3.13. The van der Waals surface area contributed by atoms with Crippen molar-refractivity contribution < 1.29 is 14.0 Å². The quantitative estimate of drug-likeness (QED) is 0.688. The van der Waals surface area contributed by atoms with E-state index >= 15 is 0 Å². The normalized spacial score (nSPS) is 17.4. The second-order valence-electron chi connectivity index (χ2n) is 8.09. The Morgan fingerprint density at radius 2 is 1.71 bits per heavy atom. The van der Waals surface area contributed by atoms with Crippen LogP contribution < -0.4 is 10.6 Å². The smallest absolute Gasteiger partial charge is 0.253 e. The van der Waals surface area contributed by atoms with E-state index in [0.29, 0.717) is 41.5 Å². The lowest BCUT2D eigenvalue weighted by atomic mass is 10.1. The molecule has 2 amide bonds. The molecular formula is C23H26ClFN4O2. The van der Waals surface area contributed by atoms with Gasteiger partial charge in [-0.15, -0.1) is 0 Å². The van der Waals surface area contributed by atoms with Crippen molar-refractivity contribution in [3.63, 3.8) is 0 Å². The molecule has 8 heteroatoms. The van der Waals surface area contributed by atoms with Crippen molar-refractivity contribution in [2.24, 2.45) is 0 Å². The number of carbonyl (C=O) groups is 2. The number of benzene rings is 2. The first-order valence-electron chi connectivity index (χ1n) is 10.6. The van der Waals surface area contributed by atoms with Gasteiger partial charge in [-0.2, -0.15) is 0 Å². The molecule has 2 aliphatic rings. The first-order valence-corrected chi connectivity index (χ1v) is 10.9. The molecule has 0 aromatic heterocycles. The number of para-hydroxylation sites is 1. The first kappa shape index (κ1) is 21.7. The van der Waals surface area contributed by atoms with Gasteiger partial charge >= 0.3 is 0 Å². The van der Waals surface area contributed by atoms with Crippen molar-refractivity contribution in [1.29, 1.82) is 0 Å². The van der Waals surface area contributed by atoms with Gasteiger partial charge in [-0.05, 0) is 37.1 Å². The molecule has 1 heterocycles. The third-order valence-corrected chi connectivity index (χ3v) is 5.99. The van der Waals surface area contributed by atoms with Gasteiger partial charge in [0.15, 0.2) is 0 Å². The van der Waals surface area contributed by atoms with E-state index in [1.807, 2.05) is 0 Å². The fourth-order valence-corrected chi connectivity index (χ4v) is 3.91. The standard InChI is InChI=1S/C23H26ClFN4O2/c24-19-5-3-6-20(25)18(19)14-28-10-12-29(13-11-28)15-22(30)27-21-7-2-1-4-17(21)23(31)26-16-8-9-16/h1-7,16H,8-15H2,(H,26,31)(H,27,30). The van der Waals surface area contributed by atoms with Crippen LogP contribution in [0, 0.1) is 5.82 Å². The number of hydrogen-bond donors (Lipinski definition) is 2. The second-order valence-corrected chi connectivity index (χ2v) is 8.50. The molecule has 1 aliphatic heterocycles. The summed E-state index contributed by atoms with van der Waals surface area (Å²) in [6.07, 6.45) is 2.02. The summed E-state index contributed by atoms with van der Waals surface area (Å²) in [5, 5.41) is 6.27. The van der Waals surface area contributed by atoms with Crippen LogP contribution in [0.15, 0.2) is 42.5 Å². The van der Waals surface area contributed by atoms with Crippen molar-refractivity contribution in [2.45, 2.75) is 25.4 Å². The van der Waals surface area contributed by atoms with Gasteiger partial charge in [0.2, 0.25) is 5.91 Å². The van der Waals surface area contributed by atoms with Gasteiger partial charge in [0.05, 0.1) is 17.8 Å². The predicted molar refractivity (Wildman–Crippen MR) is 119 cm³/mol. The topological polar surface area (TPSA) is 64.7 Å². The molecule has 0 unspecified atom stereocenters. The van der Waals surface area contributed by atoms with Gasteiger partial charge in [0.25, 0.3) is 5.91 Å². The summed E-state index contributed by atoms with van der Waals surface area (Å²) in [7, 11) is 0. The Labute approximate surface area is 186 Å². The molecule has 2 N–H and O–H groups in total. The molecular weight excluding hydrogens is 419 g/mol. The van der Waals surface area contributed by atoms with Crippen LogP contribution in [0.4, 0.5) is 10.1 Å². The van der Waals surface area contributed by atoms with Crippen molar-refractivity contribution in [3.05, 3.63) is 64.4 Å². The van der Waals surface area contributed by atoms with E-state index in [2.05, 4.69) is 20.4 Å². The molecule has 1 aliphatic carbocycles. The molecule has 2 fully saturated rings. The van der Waals surface area contributed by atoms with Gasteiger partial charge in [0, 0.05) is 49.4 Å². The van der Waals surface area contributed by atoms with Crippen molar-refractivity contribution >= 4 is 29.1 Å². The molecule has 1 saturated heterocycles. The Balaban J connectivity index is 1.27. The fraction of sp³-hybridized carbons (Fsp3) is 0.391. The minimum Gasteiger partial charge on any atom is -0.349 e. The number of hydrogen-bond acceptors (Lipinski definition) is 4. The summed E-state index contributed by atoms with van der Waals surface area (Å²) < 4.78 is 14.0.